The van der Waals surface area contributed by atoms with Gasteiger partial charge in [0.15, 0.2) is 5.13 Å². The minimum absolute atomic E-state index is 0.0665. The van der Waals surface area contributed by atoms with E-state index < -0.39 is 0 Å². The maximum atomic E-state index is 12.9. The molecule has 1 saturated heterocycles. The van der Waals surface area contributed by atoms with Crippen LogP contribution in [-0.4, -0.2) is 51.8 Å². The van der Waals surface area contributed by atoms with E-state index in [0.717, 1.165) is 23.7 Å². The van der Waals surface area contributed by atoms with E-state index in [2.05, 4.69) is 36.0 Å². The summed E-state index contributed by atoms with van der Waals surface area (Å²) in [6.07, 6.45) is 1.70. The van der Waals surface area contributed by atoms with Gasteiger partial charge in [0, 0.05) is 38.4 Å². The Hall–Kier alpha value is -2.41. The van der Waals surface area contributed by atoms with Crippen LogP contribution in [0.15, 0.2) is 24.4 Å². The van der Waals surface area contributed by atoms with Crippen molar-refractivity contribution >= 4 is 32.6 Å². The fourth-order valence-electron chi connectivity index (χ4n) is 3.54. The zero-order valence-electron chi connectivity index (χ0n) is 16.3. The van der Waals surface area contributed by atoms with Crippen molar-refractivity contribution in [3.8, 4) is 0 Å². The molecular formula is C20H25N5OS. The highest BCUT2D eigenvalue weighted by Crippen LogP contribution is 2.33. The van der Waals surface area contributed by atoms with Crippen molar-refractivity contribution in [3.05, 3.63) is 41.2 Å². The Balaban J connectivity index is 1.49. The van der Waals surface area contributed by atoms with Crippen LogP contribution in [0.2, 0.25) is 0 Å². The highest BCUT2D eigenvalue weighted by Gasteiger charge is 2.26. The van der Waals surface area contributed by atoms with E-state index in [1.54, 1.807) is 22.2 Å². The van der Waals surface area contributed by atoms with Gasteiger partial charge in [0.25, 0.3) is 5.91 Å². The lowest BCUT2D eigenvalue weighted by molar-refractivity contribution is 0.0732. The van der Waals surface area contributed by atoms with Gasteiger partial charge in [0.05, 0.1) is 10.2 Å². The predicted octanol–water partition coefficient (Wildman–Crippen LogP) is 3.65. The number of fused-ring (bicyclic) bond motifs is 1. The van der Waals surface area contributed by atoms with Gasteiger partial charge in [-0.05, 0) is 44.9 Å². The van der Waals surface area contributed by atoms with Crippen molar-refractivity contribution in [1.82, 2.24) is 19.7 Å². The summed E-state index contributed by atoms with van der Waals surface area (Å²) in [5.41, 5.74) is 4.27. The third kappa shape index (κ3) is 3.20. The van der Waals surface area contributed by atoms with Crippen LogP contribution in [0.25, 0.3) is 10.2 Å². The van der Waals surface area contributed by atoms with Crippen molar-refractivity contribution in [3.63, 3.8) is 0 Å². The van der Waals surface area contributed by atoms with E-state index in [0.29, 0.717) is 18.8 Å². The first kappa shape index (κ1) is 18.0. The van der Waals surface area contributed by atoms with Crippen LogP contribution in [0, 0.1) is 13.8 Å². The van der Waals surface area contributed by atoms with Crippen LogP contribution in [0.4, 0.5) is 5.13 Å². The van der Waals surface area contributed by atoms with Crippen LogP contribution < -0.4 is 4.90 Å². The summed E-state index contributed by atoms with van der Waals surface area (Å²) in [4.78, 5) is 22.0. The molecule has 0 atom stereocenters. The number of hydrogen-bond acceptors (Lipinski definition) is 5. The standard InChI is InChI=1S/C20H25N5OS/c1-13(2)25-16(7-8-21-25)19(26)23-9-11-24(12-10-23)20-22-17-14(3)5-6-15(4)18(17)27-20/h5-8,13H,9-12H2,1-4H3. The summed E-state index contributed by atoms with van der Waals surface area (Å²) in [7, 11) is 0. The third-order valence-corrected chi connectivity index (χ3v) is 6.40. The normalized spacial score (nSPS) is 15.1. The molecule has 1 fully saturated rings. The fourth-order valence-corrected chi connectivity index (χ4v) is 4.70. The Bertz CT molecular complexity index is 943. The first-order chi connectivity index (χ1) is 13.0. The number of piperazine rings is 1. The summed E-state index contributed by atoms with van der Waals surface area (Å²) < 4.78 is 3.07. The highest BCUT2D eigenvalue weighted by molar-refractivity contribution is 7.22. The van der Waals surface area contributed by atoms with Gasteiger partial charge in [0.2, 0.25) is 0 Å². The summed E-state index contributed by atoms with van der Waals surface area (Å²) in [5, 5.41) is 5.34. The van der Waals surface area contributed by atoms with Gasteiger partial charge in [-0.2, -0.15) is 5.10 Å². The molecule has 27 heavy (non-hydrogen) atoms. The van der Waals surface area contributed by atoms with E-state index in [-0.39, 0.29) is 11.9 Å². The molecule has 0 unspecified atom stereocenters. The number of nitrogens with zero attached hydrogens (tertiary/aromatic N) is 5. The molecule has 7 heteroatoms. The lowest BCUT2D eigenvalue weighted by Gasteiger charge is -2.34. The zero-order valence-corrected chi connectivity index (χ0v) is 17.1. The molecule has 2 aromatic heterocycles. The highest BCUT2D eigenvalue weighted by atomic mass is 32.1. The first-order valence-electron chi connectivity index (χ1n) is 9.40. The Kier molecular flexibility index (Phi) is 4.63. The number of carbonyl (C=O) groups excluding carboxylic acids is 1. The first-order valence-corrected chi connectivity index (χ1v) is 10.2. The maximum absolute atomic E-state index is 12.9. The van der Waals surface area contributed by atoms with E-state index in [9.17, 15) is 4.79 Å². The predicted molar refractivity (Wildman–Crippen MR) is 110 cm³/mol. The van der Waals surface area contributed by atoms with Gasteiger partial charge >= 0.3 is 0 Å². The summed E-state index contributed by atoms with van der Waals surface area (Å²) in [6.45, 7) is 11.3. The second-order valence-electron chi connectivity index (χ2n) is 7.41. The van der Waals surface area contributed by atoms with Crippen LogP contribution >= 0.6 is 11.3 Å². The topological polar surface area (TPSA) is 54.3 Å². The molecule has 0 N–H and O–H groups in total. The molecule has 0 aliphatic carbocycles. The van der Waals surface area contributed by atoms with Gasteiger partial charge in [-0.3, -0.25) is 9.48 Å². The summed E-state index contributed by atoms with van der Waals surface area (Å²) in [5.74, 6) is 0.0665. The number of rotatable bonds is 3. The average Bonchev–Trinajstić information content (AvgIpc) is 3.32. The molecule has 6 nitrogen and oxygen atoms in total. The number of amides is 1. The van der Waals surface area contributed by atoms with Crippen molar-refractivity contribution < 1.29 is 4.79 Å². The third-order valence-electron chi connectivity index (χ3n) is 5.15. The van der Waals surface area contributed by atoms with E-state index in [1.807, 2.05) is 24.8 Å². The Morgan fingerprint density at radius 2 is 1.78 bits per heavy atom. The SMILES string of the molecule is Cc1ccc(C)c2sc(N3CCN(C(=O)c4ccnn4C(C)C)CC3)nc12. The van der Waals surface area contributed by atoms with Crippen LogP contribution in [0.5, 0.6) is 0 Å². The monoisotopic (exact) mass is 383 g/mol. The Labute approximate surface area is 163 Å². The number of carbonyl (C=O) groups is 1. The number of thiazole rings is 1. The van der Waals surface area contributed by atoms with Gasteiger partial charge in [-0.1, -0.05) is 23.5 Å². The van der Waals surface area contributed by atoms with Crippen LogP contribution in [0.3, 0.4) is 0 Å². The second kappa shape index (κ2) is 6.96. The van der Waals surface area contributed by atoms with Gasteiger partial charge in [-0.15, -0.1) is 0 Å². The van der Waals surface area contributed by atoms with E-state index in [1.165, 1.54) is 15.8 Å². The fraction of sp³-hybridized carbons (Fsp3) is 0.450. The second-order valence-corrected chi connectivity index (χ2v) is 8.39. The smallest absolute Gasteiger partial charge is 0.272 e. The zero-order chi connectivity index (χ0) is 19.1. The lowest BCUT2D eigenvalue weighted by atomic mass is 10.1. The summed E-state index contributed by atoms with van der Waals surface area (Å²) in [6, 6.07) is 6.28. The van der Waals surface area contributed by atoms with E-state index >= 15 is 0 Å². The van der Waals surface area contributed by atoms with Crippen molar-refractivity contribution in [2.75, 3.05) is 31.1 Å². The number of benzene rings is 1. The number of hydrogen-bond donors (Lipinski definition) is 0. The van der Waals surface area contributed by atoms with Crippen molar-refractivity contribution in [2.24, 2.45) is 0 Å². The minimum atomic E-state index is 0.0665. The molecule has 1 aliphatic heterocycles. The molecule has 142 valence electrons. The molecule has 1 aromatic carbocycles. The average molecular weight is 384 g/mol. The largest absolute Gasteiger partial charge is 0.345 e. The quantitative estimate of drug-likeness (QED) is 0.693. The molecule has 3 aromatic rings. The molecule has 0 saturated carbocycles. The van der Waals surface area contributed by atoms with Gasteiger partial charge in [0.1, 0.15) is 5.69 Å². The molecule has 3 heterocycles. The molecule has 0 spiro atoms. The molecule has 0 radical (unpaired) electrons. The number of aromatic nitrogens is 3. The molecule has 1 aliphatic rings. The molecular weight excluding hydrogens is 358 g/mol. The van der Waals surface area contributed by atoms with E-state index in [4.69, 9.17) is 4.98 Å². The summed E-state index contributed by atoms with van der Waals surface area (Å²) >= 11 is 1.76. The van der Waals surface area contributed by atoms with Gasteiger partial charge < -0.3 is 9.80 Å². The Morgan fingerprint density at radius 1 is 1.07 bits per heavy atom. The lowest BCUT2D eigenvalue weighted by Crippen LogP contribution is -2.49. The maximum Gasteiger partial charge on any atom is 0.272 e. The minimum Gasteiger partial charge on any atom is -0.345 e. The number of aryl methyl sites for hydroxylation is 2. The molecule has 0 bridgehead atoms. The van der Waals surface area contributed by atoms with Crippen molar-refractivity contribution in [1.29, 1.82) is 0 Å². The van der Waals surface area contributed by atoms with Gasteiger partial charge in [-0.25, -0.2) is 4.98 Å². The van der Waals surface area contributed by atoms with Crippen molar-refractivity contribution in [2.45, 2.75) is 33.7 Å². The number of anilines is 1. The molecule has 4 rings (SSSR count). The van der Waals surface area contributed by atoms with Crippen LogP contribution in [-0.2, 0) is 0 Å². The van der Waals surface area contributed by atoms with Crippen LogP contribution in [0.1, 0.15) is 41.5 Å². The Morgan fingerprint density at radius 3 is 2.44 bits per heavy atom. The molecule has 1 amide bonds.